The van der Waals surface area contributed by atoms with Gasteiger partial charge in [0.05, 0.1) is 6.10 Å². The molecule has 0 amide bonds. The third kappa shape index (κ3) is 3.62. The highest BCUT2D eigenvalue weighted by Gasteiger charge is 2.28. The van der Waals surface area contributed by atoms with Crippen molar-refractivity contribution >= 4 is 16.9 Å². The van der Waals surface area contributed by atoms with Crippen LogP contribution in [-0.2, 0) is 4.74 Å². The number of nitrogens with zero attached hydrogens (tertiary/aromatic N) is 1. The molecule has 0 saturated carbocycles. The predicted octanol–water partition coefficient (Wildman–Crippen LogP) is 2.66. The van der Waals surface area contributed by atoms with Gasteiger partial charge in [-0.15, -0.1) is 0 Å². The van der Waals surface area contributed by atoms with Gasteiger partial charge in [-0.25, -0.2) is 0 Å². The first-order valence-electron chi connectivity index (χ1n) is 6.68. The summed E-state index contributed by atoms with van der Waals surface area (Å²) in [5.41, 5.74) is 0.209. The standard InChI is InChI=1S/C13H24N2OS/c1-4-11-10(5-7-16-11)9-14-12-15-13(2,3)6-8-17-12/h10-11H,4-9H2,1-3H3,(H,14,15). The molecule has 0 radical (unpaired) electrons. The molecule has 2 saturated heterocycles. The molecule has 2 atom stereocenters. The van der Waals surface area contributed by atoms with Crippen molar-refractivity contribution in [2.45, 2.75) is 51.7 Å². The van der Waals surface area contributed by atoms with Crippen LogP contribution < -0.4 is 5.32 Å². The molecule has 17 heavy (non-hydrogen) atoms. The lowest BCUT2D eigenvalue weighted by Crippen LogP contribution is -2.46. The van der Waals surface area contributed by atoms with Crippen molar-refractivity contribution in [1.29, 1.82) is 0 Å². The van der Waals surface area contributed by atoms with Gasteiger partial charge < -0.3 is 10.1 Å². The van der Waals surface area contributed by atoms with Crippen LogP contribution in [0.1, 0.15) is 40.0 Å². The lowest BCUT2D eigenvalue weighted by atomic mass is 10.00. The first-order chi connectivity index (χ1) is 8.11. The van der Waals surface area contributed by atoms with Gasteiger partial charge in [0, 0.05) is 30.4 Å². The fourth-order valence-electron chi connectivity index (χ4n) is 2.43. The summed E-state index contributed by atoms with van der Waals surface area (Å²) in [6.45, 7) is 8.53. The Hall–Kier alpha value is -0.220. The summed E-state index contributed by atoms with van der Waals surface area (Å²) in [7, 11) is 0. The largest absolute Gasteiger partial charge is 0.378 e. The van der Waals surface area contributed by atoms with E-state index in [9.17, 15) is 0 Å². The van der Waals surface area contributed by atoms with Gasteiger partial charge in [-0.05, 0) is 33.1 Å². The van der Waals surface area contributed by atoms with Crippen molar-refractivity contribution in [2.24, 2.45) is 10.9 Å². The molecule has 98 valence electrons. The molecule has 0 aliphatic carbocycles. The number of aliphatic imine (C=N–C) groups is 1. The molecule has 2 heterocycles. The number of hydrogen-bond acceptors (Lipinski definition) is 3. The van der Waals surface area contributed by atoms with Gasteiger partial charge in [0.25, 0.3) is 0 Å². The molecule has 0 aromatic heterocycles. The van der Waals surface area contributed by atoms with E-state index in [4.69, 9.17) is 9.73 Å². The van der Waals surface area contributed by atoms with Crippen LogP contribution in [0, 0.1) is 5.92 Å². The fourth-order valence-corrected chi connectivity index (χ4v) is 3.75. The first-order valence-corrected chi connectivity index (χ1v) is 7.66. The Labute approximate surface area is 109 Å². The van der Waals surface area contributed by atoms with Crippen molar-refractivity contribution in [1.82, 2.24) is 5.32 Å². The maximum absolute atomic E-state index is 5.70. The normalized spacial score (nSPS) is 34.9. The minimum Gasteiger partial charge on any atom is -0.378 e. The summed E-state index contributed by atoms with van der Waals surface area (Å²) in [6, 6.07) is 0. The van der Waals surface area contributed by atoms with Gasteiger partial charge in [0.1, 0.15) is 0 Å². The predicted molar refractivity (Wildman–Crippen MR) is 74.7 cm³/mol. The first kappa shape index (κ1) is 13.2. The van der Waals surface area contributed by atoms with Gasteiger partial charge in [0.15, 0.2) is 5.17 Å². The van der Waals surface area contributed by atoms with E-state index in [2.05, 4.69) is 26.1 Å². The van der Waals surface area contributed by atoms with Crippen LogP contribution in [-0.4, -0.2) is 35.7 Å². The van der Waals surface area contributed by atoms with E-state index < -0.39 is 0 Å². The Morgan fingerprint density at radius 1 is 1.53 bits per heavy atom. The smallest absolute Gasteiger partial charge is 0.156 e. The average molecular weight is 256 g/mol. The number of amidine groups is 1. The SMILES string of the molecule is CCC1OCCC1CN=C1NC(C)(C)CCS1. The number of ether oxygens (including phenoxy) is 1. The molecule has 0 aromatic rings. The highest BCUT2D eigenvalue weighted by molar-refractivity contribution is 8.13. The Bertz CT molecular complexity index is 291. The molecule has 0 spiro atoms. The lowest BCUT2D eigenvalue weighted by molar-refractivity contribution is 0.0893. The van der Waals surface area contributed by atoms with E-state index in [1.807, 2.05) is 11.8 Å². The monoisotopic (exact) mass is 256 g/mol. The number of hydrogen-bond donors (Lipinski definition) is 1. The summed E-state index contributed by atoms with van der Waals surface area (Å²) < 4.78 is 5.70. The molecular formula is C13H24N2OS. The van der Waals surface area contributed by atoms with Crippen molar-refractivity contribution in [2.75, 3.05) is 18.9 Å². The Morgan fingerprint density at radius 3 is 3.06 bits per heavy atom. The summed E-state index contributed by atoms with van der Waals surface area (Å²) in [6.07, 6.45) is 3.92. The van der Waals surface area contributed by atoms with Gasteiger partial charge in [-0.2, -0.15) is 0 Å². The number of thioether (sulfide) groups is 1. The van der Waals surface area contributed by atoms with Gasteiger partial charge >= 0.3 is 0 Å². The molecule has 2 unspecified atom stereocenters. The van der Waals surface area contributed by atoms with Crippen LogP contribution in [0.15, 0.2) is 4.99 Å². The molecule has 2 aliphatic rings. The Kier molecular flexibility index (Phi) is 4.36. The molecule has 3 nitrogen and oxygen atoms in total. The zero-order valence-corrected chi connectivity index (χ0v) is 12.0. The average Bonchev–Trinajstić information content (AvgIpc) is 2.72. The van der Waals surface area contributed by atoms with Crippen LogP contribution in [0.2, 0.25) is 0 Å². The molecule has 0 aromatic carbocycles. The summed E-state index contributed by atoms with van der Waals surface area (Å²) in [5.74, 6) is 1.80. The van der Waals surface area contributed by atoms with Crippen molar-refractivity contribution in [3.05, 3.63) is 0 Å². The molecule has 2 rings (SSSR count). The van der Waals surface area contributed by atoms with Crippen molar-refractivity contribution in [3.63, 3.8) is 0 Å². The van der Waals surface area contributed by atoms with Gasteiger partial charge in [0.2, 0.25) is 0 Å². The molecule has 1 N–H and O–H groups in total. The summed E-state index contributed by atoms with van der Waals surface area (Å²) >= 11 is 1.86. The maximum atomic E-state index is 5.70. The zero-order chi connectivity index (χ0) is 12.3. The number of rotatable bonds is 3. The minimum absolute atomic E-state index is 0.209. The fraction of sp³-hybridized carbons (Fsp3) is 0.923. The van der Waals surface area contributed by atoms with Crippen LogP contribution in [0.5, 0.6) is 0 Å². The summed E-state index contributed by atoms with van der Waals surface area (Å²) in [4.78, 5) is 4.75. The van der Waals surface area contributed by atoms with Crippen LogP contribution in [0.4, 0.5) is 0 Å². The van der Waals surface area contributed by atoms with E-state index in [1.54, 1.807) is 0 Å². The number of nitrogens with one attached hydrogen (secondary N) is 1. The third-order valence-corrected chi connectivity index (χ3v) is 4.54. The highest BCUT2D eigenvalue weighted by Crippen LogP contribution is 2.25. The van der Waals surface area contributed by atoms with Crippen LogP contribution in [0.25, 0.3) is 0 Å². The van der Waals surface area contributed by atoms with E-state index in [0.717, 1.165) is 24.7 Å². The molecule has 4 heteroatoms. The Balaban J connectivity index is 1.87. The van der Waals surface area contributed by atoms with Crippen LogP contribution in [0.3, 0.4) is 0 Å². The third-order valence-electron chi connectivity index (χ3n) is 3.63. The minimum atomic E-state index is 0.209. The maximum Gasteiger partial charge on any atom is 0.156 e. The van der Waals surface area contributed by atoms with E-state index >= 15 is 0 Å². The highest BCUT2D eigenvalue weighted by atomic mass is 32.2. The second-order valence-electron chi connectivity index (χ2n) is 5.62. The quantitative estimate of drug-likeness (QED) is 0.843. The Morgan fingerprint density at radius 2 is 2.35 bits per heavy atom. The van der Waals surface area contributed by atoms with Crippen LogP contribution >= 0.6 is 11.8 Å². The summed E-state index contributed by atoms with van der Waals surface area (Å²) in [5, 5.41) is 4.65. The van der Waals surface area contributed by atoms with E-state index in [0.29, 0.717) is 12.0 Å². The van der Waals surface area contributed by atoms with Gasteiger partial charge in [-0.1, -0.05) is 18.7 Å². The van der Waals surface area contributed by atoms with E-state index in [1.165, 1.54) is 18.6 Å². The second-order valence-corrected chi connectivity index (χ2v) is 6.70. The second kappa shape index (κ2) is 5.61. The molecule has 2 fully saturated rings. The molecule has 0 bridgehead atoms. The molecule has 2 aliphatic heterocycles. The molecular weight excluding hydrogens is 232 g/mol. The topological polar surface area (TPSA) is 33.6 Å². The van der Waals surface area contributed by atoms with Crippen molar-refractivity contribution in [3.8, 4) is 0 Å². The van der Waals surface area contributed by atoms with Crippen molar-refractivity contribution < 1.29 is 4.74 Å². The zero-order valence-electron chi connectivity index (χ0n) is 11.2. The van der Waals surface area contributed by atoms with Gasteiger partial charge in [-0.3, -0.25) is 4.99 Å². The van der Waals surface area contributed by atoms with E-state index in [-0.39, 0.29) is 5.54 Å². The lowest BCUT2D eigenvalue weighted by Gasteiger charge is -2.32.